The van der Waals surface area contributed by atoms with Crippen molar-refractivity contribution in [2.24, 2.45) is 5.92 Å². The van der Waals surface area contributed by atoms with Crippen LogP contribution in [0.25, 0.3) is 0 Å². The van der Waals surface area contributed by atoms with Crippen LogP contribution in [-0.2, 0) is 4.79 Å². The van der Waals surface area contributed by atoms with Crippen LogP contribution in [0.3, 0.4) is 0 Å². The van der Waals surface area contributed by atoms with Crippen molar-refractivity contribution in [3.8, 4) is 0 Å². The number of aromatic nitrogens is 2. The molecule has 1 N–H and O–H groups in total. The Morgan fingerprint density at radius 2 is 1.95 bits per heavy atom. The summed E-state index contributed by atoms with van der Waals surface area (Å²) in [6.07, 6.45) is 0. The summed E-state index contributed by atoms with van der Waals surface area (Å²) in [5.41, 5.74) is 0.625. The van der Waals surface area contributed by atoms with Crippen LogP contribution in [-0.4, -0.2) is 27.6 Å². The summed E-state index contributed by atoms with van der Waals surface area (Å²) in [5.74, 6) is 1.82. The second-order valence-electron chi connectivity index (χ2n) is 4.86. The third-order valence-electron chi connectivity index (χ3n) is 2.40. The van der Waals surface area contributed by atoms with Gasteiger partial charge in [-0.15, -0.1) is 10.2 Å². The lowest BCUT2D eigenvalue weighted by Crippen LogP contribution is -2.14. The summed E-state index contributed by atoms with van der Waals surface area (Å²) in [4.78, 5) is 11.9. The molecule has 0 saturated carbocycles. The third-order valence-corrected chi connectivity index (χ3v) is 6.35. The minimum atomic E-state index is -0.107. The number of halogens is 1. The molecule has 118 valence electrons. The van der Waals surface area contributed by atoms with Gasteiger partial charge in [-0.25, -0.2) is 0 Å². The summed E-state index contributed by atoms with van der Waals surface area (Å²) in [6.45, 7) is 4.34. The number of para-hydroxylation sites is 1. The molecule has 0 radical (unpaired) electrons. The number of thioether (sulfide) groups is 2. The predicted molar refractivity (Wildman–Crippen MR) is 96.3 cm³/mol. The van der Waals surface area contributed by atoms with Crippen molar-refractivity contribution in [1.82, 2.24) is 10.2 Å². The summed E-state index contributed by atoms with van der Waals surface area (Å²) >= 11 is 10.6. The largest absolute Gasteiger partial charge is 0.324 e. The van der Waals surface area contributed by atoms with Crippen molar-refractivity contribution >= 4 is 58.1 Å². The maximum absolute atomic E-state index is 11.9. The van der Waals surface area contributed by atoms with Gasteiger partial charge in [0.2, 0.25) is 5.91 Å². The average molecular weight is 374 g/mol. The molecular weight excluding hydrogens is 358 g/mol. The highest BCUT2D eigenvalue weighted by molar-refractivity contribution is 8.03. The van der Waals surface area contributed by atoms with Crippen molar-refractivity contribution in [3.05, 3.63) is 29.3 Å². The lowest BCUT2D eigenvalue weighted by molar-refractivity contribution is -0.113. The van der Waals surface area contributed by atoms with Crippen molar-refractivity contribution in [2.75, 3.05) is 16.8 Å². The van der Waals surface area contributed by atoms with Gasteiger partial charge in [0, 0.05) is 5.75 Å². The van der Waals surface area contributed by atoms with E-state index in [1.165, 1.54) is 23.1 Å². The molecule has 22 heavy (non-hydrogen) atoms. The Kier molecular flexibility index (Phi) is 7.01. The molecular formula is C14H16ClN3OS3. The number of anilines is 1. The summed E-state index contributed by atoms with van der Waals surface area (Å²) in [7, 11) is 0. The van der Waals surface area contributed by atoms with E-state index >= 15 is 0 Å². The molecule has 4 nitrogen and oxygen atoms in total. The van der Waals surface area contributed by atoms with Crippen molar-refractivity contribution < 1.29 is 4.79 Å². The molecule has 1 amide bonds. The van der Waals surface area contributed by atoms with E-state index in [4.69, 9.17) is 11.6 Å². The van der Waals surface area contributed by atoms with E-state index in [0.717, 1.165) is 14.4 Å². The van der Waals surface area contributed by atoms with Crippen LogP contribution in [0.2, 0.25) is 5.02 Å². The minimum absolute atomic E-state index is 0.107. The fraction of sp³-hybridized carbons (Fsp3) is 0.357. The Hall–Kier alpha value is -0.760. The van der Waals surface area contributed by atoms with Crippen LogP contribution >= 0.6 is 46.5 Å². The van der Waals surface area contributed by atoms with Gasteiger partial charge in [-0.3, -0.25) is 4.79 Å². The summed E-state index contributed by atoms with van der Waals surface area (Å²) < 4.78 is 1.75. The monoisotopic (exact) mass is 373 g/mol. The van der Waals surface area contributed by atoms with Gasteiger partial charge in [0.05, 0.1) is 16.5 Å². The maximum Gasteiger partial charge on any atom is 0.234 e. The van der Waals surface area contributed by atoms with Gasteiger partial charge in [0.25, 0.3) is 0 Å². The zero-order valence-corrected chi connectivity index (χ0v) is 15.4. The Labute approximate surface area is 147 Å². The highest BCUT2D eigenvalue weighted by atomic mass is 35.5. The first kappa shape index (κ1) is 17.6. The molecule has 2 aromatic rings. The van der Waals surface area contributed by atoms with Gasteiger partial charge in [0.1, 0.15) is 0 Å². The highest BCUT2D eigenvalue weighted by Crippen LogP contribution is 2.30. The zero-order chi connectivity index (χ0) is 15.9. The molecule has 0 atom stereocenters. The molecule has 0 aliphatic heterocycles. The van der Waals surface area contributed by atoms with Gasteiger partial charge in [-0.05, 0) is 18.1 Å². The fourth-order valence-corrected chi connectivity index (χ4v) is 4.41. The standard InChI is InChI=1S/C14H16ClN3OS3/c1-9(2)7-20-13-17-18-14(22-13)21-8-12(19)16-11-6-4-3-5-10(11)15/h3-6,9H,7-8H2,1-2H3,(H,16,19). The fourth-order valence-electron chi connectivity index (χ4n) is 1.43. The molecule has 8 heteroatoms. The molecule has 1 aromatic heterocycles. The van der Waals surface area contributed by atoms with Crippen LogP contribution in [0.4, 0.5) is 5.69 Å². The second kappa shape index (κ2) is 8.76. The minimum Gasteiger partial charge on any atom is -0.324 e. The number of carbonyl (C=O) groups excluding carboxylic acids is 1. The zero-order valence-electron chi connectivity index (χ0n) is 12.2. The molecule has 0 unspecified atom stereocenters. The Morgan fingerprint density at radius 3 is 2.64 bits per heavy atom. The Morgan fingerprint density at radius 1 is 1.27 bits per heavy atom. The molecule has 0 bridgehead atoms. The van der Waals surface area contributed by atoms with Crippen molar-refractivity contribution in [2.45, 2.75) is 22.5 Å². The van der Waals surface area contributed by atoms with Crippen LogP contribution in [0.5, 0.6) is 0 Å². The summed E-state index contributed by atoms with van der Waals surface area (Å²) in [6, 6.07) is 7.17. The van der Waals surface area contributed by atoms with Crippen LogP contribution in [0, 0.1) is 5.92 Å². The highest BCUT2D eigenvalue weighted by Gasteiger charge is 2.10. The molecule has 0 aliphatic rings. The number of benzene rings is 1. The number of carbonyl (C=O) groups is 1. The predicted octanol–water partition coefficient (Wildman–Crippen LogP) is 4.67. The van der Waals surface area contributed by atoms with Crippen molar-refractivity contribution in [1.29, 1.82) is 0 Å². The van der Waals surface area contributed by atoms with Crippen LogP contribution in [0.1, 0.15) is 13.8 Å². The molecule has 2 rings (SSSR count). The first-order valence-corrected chi connectivity index (χ1v) is 9.84. The van der Waals surface area contributed by atoms with Gasteiger partial charge >= 0.3 is 0 Å². The van der Waals surface area contributed by atoms with E-state index in [-0.39, 0.29) is 11.7 Å². The summed E-state index contributed by atoms with van der Waals surface area (Å²) in [5, 5.41) is 11.5. The number of hydrogen-bond donors (Lipinski definition) is 1. The Balaban J connectivity index is 1.80. The SMILES string of the molecule is CC(C)CSc1nnc(SCC(=O)Nc2ccccc2Cl)s1. The topological polar surface area (TPSA) is 54.9 Å². The van der Waals surface area contributed by atoms with Gasteiger partial charge in [0.15, 0.2) is 8.68 Å². The smallest absolute Gasteiger partial charge is 0.234 e. The third kappa shape index (κ3) is 5.79. The first-order valence-electron chi connectivity index (χ1n) is 6.68. The van der Waals surface area contributed by atoms with E-state index in [9.17, 15) is 4.79 Å². The van der Waals surface area contributed by atoms with Gasteiger partial charge in [-0.1, -0.05) is 72.4 Å². The first-order chi connectivity index (χ1) is 10.5. The lowest BCUT2D eigenvalue weighted by Gasteiger charge is -2.05. The molecule has 0 saturated heterocycles. The van der Waals surface area contributed by atoms with Gasteiger partial charge in [-0.2, -0.15) is 0 Å². The number of hydrogen-bond acceptors (Lipinski definition) is 6. The average Bonchev–Trinajstić information content (AvgIpc) is 2.93. The molecule has 1 aromatic carbocycles. The van der Waals surface area contributed by atoms with E-state index < -0.39 is 0 Å². The lowest BCUT2D eigenvalue weighted by atomic mass is 10.3. The molecule has 1 heterocycles. The molecule has 0 spiro atoms. The van der Waals surface area contributed by atoms with Gasteiger partial charge < -0.3 is 5.32 Å². The number of amides is 1. The van der Waals surface area contributed by atoms with E-state index in [1.54, 1.807) is 23.9 Å². The van der Waals surface area contributed by atoms with E-state index in [0.29, 0.717) is 16.6 Å². The quantitative estimate of drug-likeness (QED) is 0.714. The Bertz CT molecular complexity index is 633. The van der Waals surface area contributed by atoms with Crippen molar-refractivity contribution in [3.63, 3.8) is 0 Å². The molecule has 0 fully saturated rings. The normalized spacial score (nSPS) is 10.9. The molecule has 0 aliphatic carbocycles. The number of rotatable bonds is 7. The van der Waals surface area contributed by atoms with Crippen LogP contribution in [0.15, 0.2) is 32.9 Å². The number of nitrogens with zero attached hydrogens (tertiary/aromatic N) is 2. The maximum atomic E-state index is 11.9. The van der Waals surface area contributed by atoms with E-state index in [1.807, 2.05) is 12.1 Å². The van der Waals surface area contributed by atoms with Crippen LogP contribution < -0.4 is 5.32 Å². The number of nitrogens with one attached hydrogen (secondary N) is 1. The second-order valence-corrected chi connectivity index (χ2v) is 8.73. The van der Waals surface area contributed by atoms with E-state index in [2.05, 4.69) is 29.4 Å².